The minimum Gasteiger partial charge on any atom is -0.481 e. The summed E-state index contributed by atoms with van der Waals surface area (Å²) in [4.78, 5) is 0. The van der Waals surface area contributed by atoms with E-state index in [2.05, 4.69) is 39.2 Å². The molecule has 0 bridgehead atoms. The van der Waals surface area contributed by atoms with Gasteiger partial charge in [-0.25, -0.2) is 0 Å². The highest BCUT2D eigenvalue weighted by Gasteiger charge is 2.04. The monoisotopic (exact) mass is 311 g/mol. The molecule has 1 aromatic rings. The number of halogens is 1. The van der Waals surface area contributed by atoms with Gasteiger partial charge in [-0.05, 0) is 25.1 Å². The fraction of sp³-hybridized carbons (Fsp3) is 0.429. The fourth-order valence-corrected chi connectivity index (χ4v) is 1.82. The van der Waals surface area contributed by atoms with Crippen LogP contribution in [0.1, 0.15) is 12.5 Å². The maximum Gasteiger partial charge on any atom is 0.149 e. The van der Waals surface area contributed by atoms with E-state index in [1.165, 1.54) is 0 Å². The summed E-state index contributed by atoms with van der Waals surface area (Å²) in [6, 6.07) is 5.97. The smallest absolute Gasteiger partial charge is 0.149 e. The number of benzene rings is 1. The Bertz CT molecular complexity index is 424. The van der Waals surface area contributed by atoms with Crippen LogP contribution in [0.25, 0.3) is 0 Å². The molecule has 0 radical (unpaired) electrons. The molecule has 4 heteroatoms. The normalized spacial score (nSPS) is 9.72. The first-order valence-corrected chi connectivity index (χ1v) is 6.57. The predicted molar refractivity (Wildman–Crippen MR) is 76.7 cm³/mol. The number of hydrogen-bond acceptors (Lipinski definition) is 3. The van der Waals surface area contributed by atoms with Crippen molar-refractivity contribution in [3.8, 4) is 17.6 Å². The highest BCUT2D eigenvalue weighted by Crippen LogP contribution is 2.23. The average Bonchev–Trinajstić information content (AvgIpc) is 2.37. The first-order chi connectivity index (χ1) is 8.77. The number of hydrogen-bond donors (Lipinski definition) is 1. The minimum atomic E-state index is 0.420. The maximum atomic E-state index is 5.62. The third-order valence-electron chi connectivity index (χ3n) is 2.30. The first kappa shape index (κ1) is 15.0. The van der Waals surface area contributed by atoms with Crippen molar-refractivity contribution in [3.63, 3.8) is 0 Å². The molecule has 0 atom stereocenters. The van der Waals surface area contributed by atoms with Crippen molar-refractivity contribution in [1.82, 2.24) is 5.32 Å². The first-order valence-electron chi connectivity index (χ1n) is 5.78. The molecule has 0 saturated heterocycles. The van der Waals surface area contributed by atoms with Crippen LogP contribution in [-0.2, 0) is 11.3 Å². The van der Waals surface area contributed by atoms with Crippen LogP contribution in [0.15, 0.2) is 22.7 Å². The molecule has 0 aliphatic rings. The average molecular weight is 312 g/mol. The lowest BCUT2D eigenvalue weighted by atomic mass is 10.2. The Hall–Kier alpha value is -1.02. The van der Waals surface area contributed by atoms with Crippen molar-refractivity contribution < 1.29 is 9.47 Å². The van der Waals surface area contributed by atoms with Crippen LogP contribution in [-0.4, -0.2) is 26.9 Å². The summed E-state index contributed by atoms with van der Waals surface area (Å²) >= 11 is 3.46. The fourth-order valence-electron chi connectivity index (χ4n) is 1.41. The molecule has 3 nitrogen and oxygen atoms in total. The second-order valence-electron chi connectivity index (χ2n) is 3.64. The summed E-state index contributed by atoms with van der Waals surface area (Å²) in [5.74, 6) is 6.57. The quantitative estimate of drug-likeness (QED) is 0.620. The predicted octanol–water partition coefficient (Wildman–Crippen LogP) is 2.59. The van der Waals surface area contributed by atoms with Crippen molar-refractivity contribution in [3.05, 3.63) is 28.2 Å². The third-order valence-corrected chi connectivity index (χ3v) is 2.79. The van der Waals surface area contributed by atoms with Crippen LogP contribution in [0.5, 0.6) is 5.75 Å². The molecule has 0 amide bonds. The van der Waals surface area contributed by atoms with Gasteiger partial charge in [0.1, 0.15) is 12.4 Å². The Labute approximate surface area is 117 Å². The van der Waals surface area contributed by atoms with Gasteiger partial charge in [0, 0.05) is 30.2 Å². The number of ether oxygens (including phenoxy) is 2. The number of nitrogens with one attached hydrogen (secondary N) is 1. The molecule has 0 aliphatic heterocycles. The van der Waals surface area contributed by atoms with Gasteiger partial charge in [0.2, 0.25) is 0 Å². The van der Waals surface area contributed by atoms with Crippen molar-refractivity contribution in [1.29, 1.82) is 0 Å². The Balaban J connectivity index is 2.60. The Morgan fingerprint density at radius 1 is 1.39 bits per heavy atom. The molecule has 0 heterocycles. The number of methoxy groups -OCH3 is 1. The molecule has 0 unspecified atom stereocenters. The number of rotatable bonds is 7. The van der Waals surface area contributed by atoms with Gasteiger partial charge < -0.3 is 14.8 Å². The zero-order valence-electron chi connectivity index (χ0n) is 10.8. The molecule has 0 aliphatic carbocycles. The van der Waals surface area contributed by atoms with E-state index in [-0.39, 0.29) is 0 Å². The summed E-state index contributed by atoms with van der Waals surface area (Å²) in [5, 5.41) is 3.30. The van der Waals surface area contributed by atoms with Crippen LogP contribution in [0.4, 0.5) is 0 Å². The van der Waals surface area contributed by atoms with Gasteiger partial charge in [-0.3, -0.25) is 0 Å². The van der Waals surface area contributed by atoms with Gasteiger partial charge in [-0.1, -0.05) is 21.9 Å². The summed E-state index contributed by atoms with van der Waals surface area (Å²) in [5.41, 5.74) is 1.11. The van der Waals surface area contributed by atoms with Gasteiger partial charge in [-0.15, -0.1) is 5.92 Å². The van der Waals surface area contributed by atoms with Crippen molar-refractivity contribution in [2.24, 2.45) is 0 Å². The van der Waals surface area contributed by atoms with E-state index >= 15 is 0 Å². The molecule has 0 saturated carbocycles. The summed E-state index contributed by atoms with van der Waals surface area (Å²) in [6.45, 7) is 4.49. The highest BCUT2D eigenvalue weighted by molar-refractivity contribution is 9.10. The van der Waals surface area contributed by atoms with Gasteiger partial charge in [0.25, 0.3) is 0 Å². The van der Waals surface area contributed by atoms with E-state index in [4.69, 9.17) is 9.47 Å². The molecule has 0 aromatic heterocycles. The molecule has 18 heavy (non-hydrogen) atoms. The molecule has 1 rings (SSSR count). The summed E-state index contributed by atoms with van der Waals surface area (Å²) in [6.07, 6.45) is 0. The van der Waals surface area contributed by atoms with Crippen molar-refractivity contribution >= 4 is 15.9 Å². The lowest BCUT2D eigenvalue weighted by Gasteiger charge is -2.11. The molecular weight excluding hydrogens is 294 g/mol. The largest absolute Gasteiger partial charge is 0.481 e. The van der Waals surface area contributed by atoms with Crippen LogP contribution in [0.2, 0.25) is 0 Å². The standard InChI is InChI=1S/C14H18BrNO2/c1-3-4-8-18-14-6-5-13(15)10-12(14)11-16-7-9-17-2/h5-6,10,16H,7-9,11H2,1-2H3. The molecule has 1 aromatic carbocycles. The van der Waals surface area contributed by atoms with Crippen LogP contribution in [0, 0.1) is 11.8 Å². The second kappa shape index (κ2) is 8.98. The molecule has 1 N–H and O–H groups in total. The second-order valence-corrected chi connectivity index (χ2v) is 4.55. The maximum absolute atomic E-state index is 5.62. The summed E-state index contributed by atoms with van der Waals surface area (Å²) < 4.78 is 11.7. The zero-order valence-corrected chi connectivity index (χ0v) is 12.3. The van der Waals surface area contributed by atoms with E-state index in [1.807, 2.05) is 12.1 Å². The van der Waals surface area contributed by atoms with Gasteiger partial charge >= 0.3 is 0 Å². The summed E-state index contributed by atoms with van der Waals surface area (Å²) in [7, 11) is 1.69. The molecule has 0 fully saturated rings. The van der Waals surface area contributed by atoms with E-state index in [0.717, 1.165) is 28.9 Å². The Morgan fingerprint density at radius 3 is 2.94 bits per heavy atom. The minimum absolute atomic E-state index is 0.420. The third kappa shape index (κ3) is 5.54. The topological polar surface area (TPSA) is 30.5 Å². The van der Waals surface area contributed by atoms with Crippen LogP contribution >= 0.6 is 15.9 Å². The Kier molecular flexibility index (Phi) is 7.51. The van der Waals surface area contributed by atoms with Crippen molar-refractivity contribution in [2.75, 3.05) is 26.9 Å². The highest BCUT2D eigenvalue weighted by atomic mass is 79.9. The molecule has 0 spiro atoms. The van der Waals surface area contributed by atoms with E-state index < -0.39 is 0 Å². The van der Waals surface area contributed by atoms with Crippen molar-refractivity contribution in [2.45, 2.75) is 13.5 Å². The molecule has 98 valence electrons. The lowest BCUT2D eigenvalue weighted by molar-refractivity contribution is 0.199. The van der Waals surface area contributed by atoms with E-state index in [9.17, 15) is 0 Å². The van der Waals surface area contributed by atoms with Crippen LogP contribution in [0.3, 0.4) is 0 Å². The van der Waals surface area contributed by atoms with E-state index in [1.54, 1.807) is 14.0 Å². The Morgan fingerprint density at radius 2 is 2.22 bits per heavy atom. The SMILES string of the molecule is CC#CCOc1ccc(Br)cc1CNCCOC. The van der Waals surface area contributed by atoms with Crippen LogP contribution < -0.4 is 10.1 Å². The zero-order chi connectivity index (χ0) is 13.2. The lowest BCUT2D eigenvalue weighted by Crippen LogP contribution is -2.19. The van der Waals surface area contributed by atoms with Gasteiger partial charge in [0.05, 0.1) is 6.61 Å². The molecular formula is C14H18BrNO2. The van der Waals surface area contributed by atoms with Gasteiger partial charge in [-0.2, -0.15) is 0 Å². The van der Waals surface area contributed by atoms with Gasteiger partial charge in [0.15, 0.2) is 0 Å². The van der Waals surface area contributed by atoms with E-state index in [0.29, 0.717) is 13.2 Å².